The van der Waals surface area contributed by atoms with E-state index in [9.17, 15) is 8.42 Å². The molecule has 0 aromatic carbocycles. The SMILES string of the molecule is CCCCC(CC)CNS(=O)(=O)c1c[nH]c(CNC)c1. The topological polar surface area (TPSA) is 74.0 Å². The van der Waals surface area contributed by atoms with Crippen LogP contribution in [0.1, 0.15) is 45.2 Å². The van der Waals surface area contributed by atoms with Crippen LogP contribution in [0.25, 0.3) is 0 Å². The number of hydrogen-bond donors (Lipinski definition) is 3. The Kier molecular flexibility index (Phi) is 7.26. The van der Waals surface area contributed by atoms with E-state index in [1.807, 2.05) is 7.05 Å². The van der Waals surface area contributed by atoms with E-state index in [1.165, 1.54) is 0 Å². The average molecular weight is 301 g/mol. The van der Waals surface area contributed by atoms with Gasteiger partial charge in [0, 0.05) is 25.0 Å². The maximum Gasteiger partial charge on any atom is 0.242 e. The zero-order chi connectivity index (χ0) is 15.0. The minimum Gasteiger partial charge on any atom is -0.363 e. The minimum absolute atomic E-state index is 0.313. The molecule has 20 heavy (non-hydrogen) atoms. The highest BCUT2D eigenvalue weighted by molar-refractivity contribution is 7.89. The van der Waals surface area contributed by atoms with Crippen molar-refractivity contribution < 1.29 is 8.42 Å². The number of aromatic amines is 1. The molecule has 0 aliphatic rings. The number of hydrogen-bond acceptors (Lipinski definition) is 3. The summed E-state index contributed by atoms with van der Waals surface area (Å²) in [7, 11) is -1.57. The van der Waals surface area contributed by atoms with Crippen molar-refractivity contribution in [2.75, 3.05) is 13.6 Å². The van der Waals surface area contributed by atoms with Crippen LogP contribution in [0.2, 0.25) is 0 Å². The molecule has 0 radical (unpaired) electrons. The molecule has 0 aliphatic carbocycles. The third-order valence-corrected chi connectivity index (χ3v) is 4.90. The molecule has 0 bridgehead atoms. The molecule has 5 nitrogen and oxygen atoms in total. The van der Waals surface area contributed by atoms with Crippen molar-refractivity contribution in [1.29, 1.82) is 0 Å². The summed E-state index contributed by atoms with van der Waals surface area (Å²) >= 11 is 0. The second-order valence-electron chi connectivity index (χ2n) is 5.16. The van der Waals surface area contributed by atoms with Crippen molar-refractivity contribution in [3.8, 4) is 0 Å². The van der Waals surface area contributed by atoms with Crippen molar-refractivity contribution >= 4 is 10.0 Å². The summed E-state index contributed by atoms with van der Waals surface area (Å²) in [5.74, 6) is 0.417. The predicted molar refractivity (Wildman–Crippen MR) is 82.1 cm³/mol. The quantitative estimate of drug-likeness (QED) is 0.620. The normalized spacial score (nSPS) is 13.6. The summed E-state index contributed by atoms with van der Waals surface area (Å²) < 4.78 is 27.1. The molecular formula is C14H27N3O2S. The molecule has 0 aliphatic heterocycles. The van der Waals surface area contributed by atoms with E-state index in [0.29, 0.717) is 23.9 Å². The predicted octanol–water partition coefficient (Wildman–Crippen LogP) is 2.23. The monoisotopic (exact) mass is 301 g/mol. The highest BCUT2D eigenvalue weighted by Gasteiger charge is 2.17. The van der Waals surface area contributed by atoms with Gasteiger partial charge in [0.25, 0.3) is 0 Å². The molecule has 1 unspecified atom stereocenters. The van der Waals surface area contributed by atoms with Crippen molar-refractivity contribution in [3.63, 3.8) is 0 Å². The highest BCUT2D eigenvalue weighted by atomic mass is 32.2. The van der Waals surface area contributed by atoms with E-state index in [1.54, 1.807) is 12.3 Å². The van der Waals surface area contributed by atoms with E-state index >= 15 is 0 Å². The molecular weight excluding hydrogens is 274 g/mol. The maximum absolute atomic E-state index is 12.2. The van der Waals surface area contributed by atoms with Gasteiger partial charge >= 0.3 is 0 Å². The summed E-state index contributed by atoms with van der Waals surface area (Å²) in [4.78, 5) is 3.28. The first-order valence-electron chi connectivity index (χ1n) is 7.35. The van der Waals surface area contributed by atoms with Gasteiger partial charge in [-0.25, -0.2) is 13.1 Å². The Morgan fingerprint density at radius 2 is 2.10 bits per heavy atom. The number of rotatable bonds is 10. The Balaban J connectivity index is 2.59. The molecule has 0 fully saturated rings. The van der Waals surface area contributed by atoms with Gasteiger partial charge in [0.2, 0.25) is 10.0 Å². The van der Waals surface area contributed by atoms with Crippen molar-refractivity contribution in [2.45, 2.75) is 51.0 Å². The van der Waals surface area contributed by atoms with E-state index in [4.69, 9.17) is 0 Å². The first-order valence-corrected chi connectivity index (χ1v) is 8.83. The van der Waals surface area contributed by atoms with E-state index < -0.39 is 10.0 Å². The van der Waals surface area contributed by atoms with E-state index in [-0.39, 0.29) is 0 Å². The number of H-pyrrole nitrogens is 1. The van der Waals surface area contributed by atoms with Crippen LogP contribution in [0.3, 0.4) is 0 Å². The van der Waals surface area contributed by atoms with Gasteiger partial charge in [0.15, 0.2) is 0 Å². The molecule has 116 valence electrons. The van der Waals surface area contributed by atoms with Crippen LogP contribution in [0, 0.1) is 5.92 Å². The molecule has 6 heteroatoms. The van der Waals surface area contributed by atoms with Crippen LogP contribution >= 0.6 is 0 Å². The van der Waals surface area contributed by atoms with Crippen LogP contribution in [-0.2, 0) is 16.6 Å². The molecule has 1 atom stereocenters. The summed E-state index contributed by atoms with van der Waals surface area (Å²) in [6.45, 7) is 5.41. The molecule has 1 aromatic heterocycles. The summed E-state index contributed by atoms with van der Waals surface area (Å²) in [6, 6.07) is 1.67. The fourth-order valence-electron chi connectivity index (χ4n) is 2.12. The lowest BCUT2D eigenvalue weighted by molar-refractivity contribution is 0.444. The Morgan fingerprint density at radius 3 is 2.70 bits per heavy atom. The zero-order valence-corrected chi connectivity index (χ0v) is 13.5. The fourth-order valence-corrected chi connectivity index (χ4v) is 3.25. The Labute approximate surface area is 122 Å². The maximum atomic E-state index is 12.2. The van der Waals surface area contributed by atoms with Crippen LogP contribution < -0.4 is 10.0 Å². The summed E-state index contributed by atoms with van der Waals surface area (Å²) in [5, 5.41) is 2.98. The average Bonchev–Trinajstić information content (AvgIpc) is 2.89. The third-order valence-electron chi connectivity index (χ3n) is 3.50. The second kappa shape index (κ2) is 8.44. The first-order chi connectivity index (χ1) is 9.53. The van der Waals surface area contributed by atoms with Crippen molar-refractivity contribution in [1.82, 2.24) is 15.0 Å². The molecule has 0 amide bonds. The van der Waals surface area contributed by atoms with E-state index in [2.05, 4.69) is 28.9 Å². The van der Waals surface area contributed by atoms with Crippen LogP contribution in [0.15, 0.2) is 17.2 Å². The van der Waals surface area contributed by atoms with E-state index in [0.717, 1.165) is 31.4 Å². The van der Waals surface area contributed by atoms with Gasteiger partial charge in [-0.2, -0.15) is 0 Å². The Hall–Kier alpha value is -0.850. The largest absolute Gasteiger partial charge is 0.363 e. The van der Waals surface area contributed by atoms with Crippen LogP contribution in [-0.4, -0.2) is 27.0 Å². The molecule has 1 aromatic rings. The van der Waals surface area contributed by atoms with Crippen LogP contribution in [0.5, 0.6) is 0 Å². The molecule has 1 heterocycles. The Morgan fingerprint density at radius 1 is 1.35 bits per heavy atom. The second-order valence-corrected chi connectivity index (χ2v) is 6.93. The summed E-state index contributed by atoms with van der Waals surface area (Å²) in [5.41, 5.74) is 0.867. The lowest BCUT2D eigenvalue weighted by atomic mass is 10.00. The lowest BCUT2D eigenvalue weighted by Crippen LogP contribution is -2.29. The van der Waals surface area contributed by atoms with Crippen molar-refractivity contribution in [3.05, 3.63) is 18.0 Å². The third kappa shape index (κ3) is 5.26. The zero-order valence-electron chi connectivity index (χ0n) is 12.7. The molecule has 0 saturated heterocycles. The van der Waals surface area contributed by atoms with Crippen molar-refractivity contribution in [2.24, 2.45) is 5.92 Å². The molecule has 0 spiro atoms. The lowest BCUT2D eigenvalue weighted by Gasteiger charge is -2.14. The molecule has 0 saturated carbocycles. The van der Waals surface area contributed by atoms with Crippen LogP contribution in [0.4, 0.5) is 0 Å². The molecule has 3 N–H and O–H groups in total. The van der Waals surface area contributed by atoms with Gasteiger partial charge in [-0.3, -0.25) is 0 Å². The fraction of sp³-hybridized carbons (Fsp3) is 0.714. The first kappa shape index (κ1) is 17.2. The van der Waals surface area contributed by atoms with Gasteiger partial charge in [-0.15, -0.1) is 0 Å². The molecule has 1 rings (SSSR count). The number of unbranched alkanes of at least 4 members (excludes halogenated alkanes) is 1. The summed E-state index contributed by atoms with van der Waals surface area (Å²) in [6.07, 6.45) is 5.92. The standard InChI is InChI=1S/C14H27N3O2S/c1-4-6-7-12(5-2)9-17-20(18,19)14-8-13(10-15-3)16-11-14/h8,11-12,15-17H,4-7,9-10H2,1-3H3. The smallest absolute Gasteiger partial charge is 0.242 e. The van der Waals surface area contributed by atoms with Gasteiger partial charge in [0.05, 0.1) is 4.90 Å². The number of nitrogens with one attached hydrogen (secondary N) is 3. The highest BCUT2D eigenvalue weighted by Crippen LogP contribution is 2.14. The van der Waals surface area contributed by atoms with Gasteiger partial charge in [0.1, 0.15) is 0 Å². The number of aromatic nitrogens is 1. The van der Waals surface area contributed by atoms with Gasteiger partial charge in [-0.1, -0.05) is 33.1 Å². The van der Waals surface area contributed by atoms with Gasteiger partial charge in [-0.05, 0) is 25.5 Å². The minimum atomic E-state index is -3.40. The van der Waals surface area contributed by atoms with Gasteiger partial charge < -0.3 is 10.3 Å². The number of sulfonamides is 1. The Bertz CT molecular complexity index is 482.